The molecule has 2 aromatic carbocycles. The fourth-order valence-electron chi connectivity index (χ4n) is 1.82. The van der Waals surface area contributed by atoms with E-state index in [2.05, 4.69) is 5.32 Å². The molecule has 0 aliphatic rings. The molecule has 0 radical (unpaired) electrons. The van der Waals surface area contributed by atoms with Gasteiger partial charge in [-0.05, 0) is 30.3 Å². The van der Waals surface area contributed by atoms with Gasteiger partial charge in [-0.2, -0.15) is 0 Å². The zero-order valence-corrected chi connectivity index (χ0v) is 12.5. The Morgan fingerprint density at radius 3 is 2.45 bits per heavy atom. The predicted octanol–water partition coefficient (Wildman–Crippen LogP) is 0.990. The molecule has 6 nitrogen and oxygen atoms in total. The average Bonchev–Trinajstić information content (AvgIpc) is 2.55. The number of nitrogens with two attached hydrogens (primary N) is 1. The minimum absolute atomic E-state index is 0.0556. The van der Waals surface area contributed by atoms with Crippen LogP contribution in [0.5, 0.6) is 0 Å². The molecule has 0 heterocycles. The highest BCUT2D eigenvalue weighted by Gasteiger charge is 2.23. The third-order valence-corrected chi connectivity index (χ3v) is 4.89. The molecule has 0 saturated heterocycles. The van der Waals surface area contributed by atoms with Crippen LogP contribution in [-0.2, 0) is 9.84 Å². The molecule has 0 aromatic heterocycles. The lowest BCUT2D eigenvalue weighted by molar-refractivity contribution is 0.102. The summed E-state index contributed by atoms with van der Waals surface area (Å²) >= 11 is 0. The average molecular weight is 320 g/mol. The number of nitrogens with one attached hydrogen (secondary N) is 1. The number of aliphatic hydroxyl groups is 1. The first-order chi connectivity index (χ1) is 10.4. The Balaban J connectivity index is 2.25. The van der Waals surface area contributed by atoms with Gasteiger partial charge in [0.05, 0.1) is 11.5 Å². The lowest BCUT2D eigenvalue weighted by Crippen LogP contribution is -2.34. The van der Waals surface area contributed by atoms with Crippen LogP contribution >= 0.6 is 0 Å². The SMILES string of the molecule is NC(CO)S(=O)(=O)c1cccc(NC(=O)c2ccccc2)c1. The molecule has 0 aliphatic heterocycles. The van der Waals surface area contributed by atoms with Gasteiger partial charge in [-0.3, -0.25) is 4.79 Å². The van der Waals surface area contributed by atoms with Gasteiger partial charge < -0.3 is 16.2 Å². The molecule has 22 heavy (non-hydrogen) atoms. The summed E-state index contributed by atoms with van der Waals surface area (Å²) in [5.74, 6) is -0.346. The van der Waals surface area contributed by atoms with Crippen molar-refractivity contribution in [1.82, 2.24) is 0 Å². The summed E-state index contributed by atoms with van der Waals surface area (Å²) in [5, 5.41) is 10.1. The van der Waals surface area contributed by atoms with Crippen LogP contribution in [0.25, 0.3) is 0 Å². The molecule has 1 amide bonds. The van der Waals surface area contributed by atoms with Crippen molar-refractivity contribution in [1.29, 1.82) is 0 Å². The van der Waals surface area contributed by atoms with Gasteiger partial charge in [0.25, 0.3) is 5.91 Å². The van der Waals surface area contributed by atoms with Crippen molar-refractivity contribution in [2.45, 2.75) is 10.3 Å². The van der Waals surface area contributed by atoms with E-state index in [9.17, 15) is 13.2 Å². The molecule has 0 aliphatic carbocycles. The Morgan fingerprint density at radius 2 is 1.82 bits per heavy atom. The van der Waals surface area contributed by atoms with Crippen LogP contribution in [0.15, 0.2) is 59.5 Å². The summed E-state index contributed by atoms with van der Waals surface area (Å²) < 4.78 is 24.1. The fourth-order valence-corrected chi connectivity index (χ4v) is 2.92. The molecule has 2 aromatic rings. The molecule has 2 rings (SSSR count). The van der Waals surface area contributed by atoms with Crippen molar-refractivity contribution in [2.24, 2.45) is 5.73 Å². The predicted molar refractivity (Wildman–Crippen MR) is 83.1 cm³/mol. The Kier molecular flexibility index (Phi) is 4.92. The van der Waals surface area contributed by atoms with E-state index < -0.39 is 21.8 Å². The Bertz CT molecular complexity index is 760. The fraction of sp³-hybridized carbons (Fsp3) is 0.133. The molecular formula is C15H16N2O4S. The van der Waals surface area contributed by atoms with Crippen LogP contribution in [0.4, 0.5) is 5.69 Å². The van der Waals surface area contributed by atoms with E-state index in [0.717, 1.165) is 0 Å². The number of carbonyl (C=O) groups excluding carboxylic acids is 1. The van der Waals surface area contributed by atoms with Crippen LogP contribution in [0.2, 0.25) is 0 Å². The first-order valence-corrected chi connectivity index (χ1v) is 8.06. The van der Waals surface area contributed by atoms with Gasteiger partial charge in [0.15, 0.2) is 9.84 Å². The van der Waals surface area contributed by atoms with Gasteiger partial charge in [-0.25, -0.2) is 8.42 Å². The molecule has 4 N–H and O–H groups in total. The van der Waals surface area contributed by atoms with Gasteiger partial charge in [0.2, 0.25) is 0 Å². The maximum absolute atomic E-state index is 12.1. The summed E-state index contributed by atoms with van der Waals surface area (Å²) in [4.78, 5) is 12.0. The van der Waals surface area contributed by atoms with Crippen LogP contribution in [0.1, 0.15) is 10.4 Å². The largest absolute Gasteiger partial charge is 0.394 e. The van der Waals surface area contributed by atoms with Crippen LogP contribution in [0.3, 0.4) is 0 Å². The summed E-state index contributed by atoms with van der Waals surface area (Å²) in [5.41, 5.74) is 6.19. The van der Waals surface area contributed by atoms with Crippen molar-refractivity contribution in [3.63, 3.8) is 0 Å². The number of hydrogen-bond acceptors (Lipinski definition) is 5. The van der Waals surface area contributed by atoms with Crippen LogP contribution in [-0.4, -0.2) is 31.4 Å². The zero-order valence-electron chi connectivity index (χ0n) is 11.6. The number of rotatable bonds is 5. The minimum atomic E-state index is -3.84. The van der Waals surface area contributed by atoms with E-state index >= 15 is 0 Å². The number of benzene rings is 2. The smallest absolute Gasteiger partial charge is 0.255 e. The van der Waals surface area contributed by atoms with Gasteiger partial charge in [-0.1, -0.05) is 24.3 Å². The van der Waals surface area contributed by atoms with Gasteiger partial charge in [0, 0.05) is 11.3 Å². The van der Waals surface area contributed by atoms with Crippen molar-refractivity contribution in [3.05, 3.63) is 60.2 Å². The number of sulfone groups is 1. The molecule has 0 saturated carbocycles. The first-order valence-electron chi connectivity index (χ1n) is 6.52. The lowest BCUT2D eigenvalue weighted by Gasteiger charge is -2.12. The third-order valence-electron chi connectivity index (χ3n) is 3.03. The Hall–Kier alpha value is -2.22. The third kappa shape index (κ3) is 3.51. The maximum Gasteiger partial charge on any atom is 0.255 e. The van der Waals surface area contributed by atoms with Crippen LogP contribution < -0.4 is 11.1 Å². The minimum Gasteiger partial charge on any atom is -0.394 e. The number of aliphatic hydroxyl groups excluding tert-OH is 1. The topological polar surface area (TPSA) is 109 Å². The molecule has 116 valence electrons. The second kappa shape index (κ2) is 6.69. The van der Waals surface area contributed by atoms with E-state index in [0.29, 0.717) is 11.3 Å². The number of carbonyl (C=O) groups is 1. The second-order valence-corrected chi connectivity index (χ2v) is 6.78. The van der Waals surface area contributed by atoms with Crippen molar-refractivity contribution >= 4 is 21.4 Å². The van der Waals surface area contributed by atoms with E-state index in [1.807, 2.05) is 0 Å². The van der Waals surface area contributed by atoms with Crippen molar-refractivity contribution in [3.8, 4) is 0 Å². The summed E-state index contributed by atoms with van der Waals surface area (Å²) in [6.07, 6.45) is 0. The number of anilines is 1. The summed E-state index contributed by atoms with van der Waals surface area (Å²) in [7, 11) is -3.84. The van der Waals surface area contributed by atoms with Crippen molar-refractivity contribution in [2.75, 3.05) is 11.9 Å². The second-order valence-electron chi connectivity index (χ2n) is 4.61. The first kappa shape index (κ1) is 16.2. The molecule has 7 heteroatoms. The monoisotopic (exact) mass is 320 g/mol. The summed E-state index contributed by atoms with van der Waals surface area (Å²) in [6.45, 7) is -0.678. The lowest BCUT2D eigenvalue weighted by atomic mass is 10.2. The van der Waals surface area contributed by atoms with E-state index in [1.165, 1.54) is 18.2 Å². The maximum atomic E-state index is 12.1. The highest BCUT2D eigenvalue weighted by Crippen LogP contribution is 2.19. The number of amides is 1. The normalized spacial score (nSPS) is 12.6. The standard InChI is InChI=1S/C15H16N2O4S/c16-14(10-18)22(20,21)13-8-4-7-12(9-13)17-15(19)11-5-2-1-3-6-11/h1-9,14,18H,10,16H2,(H,17,19). The Labute approximate surface area is 128 Å². The molecule has 0 spiro atoms. The van der Waals surface area contributed by atoms with E-state index in [-0.39, 0.29) is 10.8 Å². The number of hydrogen-bond donors (Lipinski definition) is 3. The molecule has 1 atom stereocenters. The van der Waals surface area contributed by atoms with E-state index in [4.69, 9.17) is 10.8 Å². The van der Waals surface area contributed by atoms with Crippen molar-refractivity contribution < 1.29 is 18.3 Å². The van der Waals surface area contributed by atoms with Crippen LogP contribution in [0, 0.1) is 0 Å². The van der Waals surface area contributed by atoms with Gasteiger partial charge in [0.1, 0.15) is 5.37 Å². The van der Waals surface area contributed by atoms with E-state index in [1.54, 1.807) is 36.4 Å². The molecule has 0 fully saturated rings. The van der Waals surface area contributed by atoms with Gasteiger partial charge in [-0.15, -0.1) is 0 Å². The molecule has 1 unspecified atom stereocenters. The highest BCUT2D eigenvalue weighted by atomic mass is 32.2. The Morgan fingerprint density at radius 1 is 1.14 bits per heavy atom. The zero-order chi connectivity index (χ0) is 16.2. The molecule has 0 bridgehead atoms. The highest BCUT2D eigenvalue weighted by molar-refractivity contribution is 7.92. The quantitative estimate of drug-likeness (QED) is 0.761. The summed E-state index contributed by atoms with van der Waals surface area (Å²) in [6, 6.07) is 14.3. The van der Waals surface area contributed by atoms with Gasteiger partial charge >= 0.3 is 0 Å². The molecular weight excluding hydrogens is 304 g/mol.